The smallest absolute Gasteiger partial charge is 0.407 e. The number of hydrogen-bond donors (Lipinski definition) is 1. The third kappa shape index (κ3) is 26.8. The topological polar surface area (TPSA) is 207 Å². The molecular weight excluding hydrogens is 702 g/mol. The van der Waals surface area contributed by atoms with E-state index in [0.29, 0.717) is 6.42 Å². The summed E-state index contributed by atoms with van der Waals surface area (Å²) in [6.07, 6.45) is -3.03. The van der Waals surface area contributed by atoms with Crippen molar-refractivity contribution >= 4 is 35.9 Å². The summed E-state index contributed by atoms with van der Waals surface area (Å²) in [5, 5.41) is 2.49. The number of hydrogen-bond acceptors (Lipinski definition) is 16. The third-order valence-corrected chi connectivity index (χ3v) is 6.10. The standard InChI is InChI=1S/C36H55NO16/c1-24(2)32(39)47-17-15-44-13-10-11-31(38)52-29(22-50-34(41)26(5)6)20-46-19-28(9)49-21-30(23-51-35(42)27(7)8)53-36(43)37-12-14-45-16-18-48-33(40)25(3)4/h28-30H,1,3,5,7,10-23H2,2,4,6,8-9H3,(H,37,43). The maximum Gasteiger partial charge on any atom is 0.407 e. The Kier molecular flexibility index (Phi) is 26.4. The zero-order valence-corrected chi connectivity index (χ0v) is 31.5. The average molecular weight is 758 g/mol. The highest BCUT2D eigenvalue weighted by atomic mass is 16.6. The first kappa shape index (κ1) is 48.4. The molecule has 0 aliphatic rings. The zero-order valence-electron chi connectivity index (χ0n) is 31.5. The largest absolute Gasteiger partial charge is 0.460 e. The monoisotopic (exact) mass is 757 g/mol. The molecule has 0 radical (unpaired) electrons. The molecule has 0 aromatic heterocycles. The van der Waals surface area contributed by atoms with Crippen molar-refractivity contribution in [3.63, 3.8) is 0 Å². The molecule has 3 unspecified atom stereocenters. The van der Waals surface area contributed by atoms with Crippen LogP contribution < -0.4 is 5.32 Å². The highest BCUT2D eigenvalue weighted by Gasteiger charge is 2.21. The molecule has 0 fully saturated rings. The molecule has 0 aliphatic heterocycles. The Hall–Kier alpha value is -4.58. The molecule has 0 spiro atoms. The summed E-state index contributed by atoms with van der Waals surface area (Å²) in [5.74, 6) is -2.98. The Labute approximate surface area is 310 Å². The lowest BCUT2D eigenvalue weighted by atomic mass is 10.3. The van der Waals surface area contributed by atoms with E-state index in [4.69, 9.17) is 47.4 Å². The van der Waals surface area contributed by atoms with E-state index in [9.17, 15) is 28.8 Å². The van der Waals surface area contributed by atoms with Crippen LogP contribution in [0.2, 0.25) is 0 Å². The van der Waals surface area contributed by atoms with Crippen molar-refractivity contribution in [3.8, 4) is 0 Å². The van der Waals surface area contributed by atoms with Crippen LogP contribution in [0.15, 0.2) is 48.6 Å². The second-order valence-electron chi connectivity index (χ2n) is 11.7. The molecule has 1 N–H and O–H groups in total. The predicted molar refractivity (Wildman–Crippen MR) is 188 cm³/mol. The minimum Gasteiger partial charge on any atom is -0.460 e. The first-order chi connectivity index (χ1) is 25.0. The Balaban J connectivity index is 4.83. The van der Waals surface area contributed by atoms with Gasteiger partial charge in [0, 0.05) is 41.9 Å². The van der Waals surface area contributed by atoms with Crippen LogP contribution in [0.1, 0.15) is 47.5 Å². The van der Waals surface area contributed by atoms with Gasteiger partial charge >= 0.3 is 35.9 Å². The molecule has 0 heterocycles. The predicted octanol–water partition coefficient (Wildman–Crippen LogP) is 2.71. The average Bonchev–Trinajstić information content (AvgIpc) is 3.09. The first-order valence-electron chi connectivity index (χ1n) is 16.8. The minimum atomic E-state index is -1.01. The van der Waals surface area contributed by atoms with Gasteiger partial charge in [0.2, 0.25) is 0 Å². The van der Waals surface area contributed by atoms with Gasteiger partial charge in [0.05, 0.1) is 45.7 Å². The number of carbonyl (C=O) groups is 6. The zero-order chi connectivity index (χ0) is 40.2. The lowest BCUT2D eigenvalue weighted by molar-refractivity contribution is -0.162. The highest BCUT2D eigenvalue weighted by Crippen LogP contribution is 2.06. The molecule has 0 saturated carbocycles. The van der Waals surface area contributed by atoms with E-state index in [1.807, 2.05) is 0 Å². The molecule has 0 rings (SSSR count). The summed E-state index contributed by atoms with van der Waals surface area (Å²) in [4.78, 5) is 71.4. The van der Waals surface area contributed by atoms with Gasteiger partial charge in [0.1, 0.15) is 26.4 Å². The van der Waals surface area contributed by atoms with Gasteiger partial charge in [0.15, 0.2) is 12.2 Å². The SMILES string of the molecule is C=C(C)C(=O)OCCOCCCC(=O)OC(COCC(C)OCC(COC(=O)C(=C)C)OC(=O)NCCOCCOC(=O)C(=C)C)COC(=O)C(=C)C. The van der Waals surface area contributed by atoms with Gasteiger partial charge in [-0.1, -0.05) is 26.3 Å². The van der Waals surface area contributed by atoms with E-state index in [1.54, 1.807) is 6.92 Å². The summed E-state index contributed by atoms with van der Waals surface area (Å²) in [6, 6.07) is 0. The summed E-state index contributed by atoms with van der Waals surface area (Å²) in [6.45, 7) is 21.5. The van der Waals surface area contributed by atoms with Crippen molar-refractivity contribution in [2.45, 2.75) is 65.8 Å². The molecule has 0 saturated heterocycles. The molecule has 300 valence electrons. The van der Waals surface area contributed by atoms with Crippen LogP contribution in [-0.4, -0.2) is 133 Å². The molecule has 3 atom stereocenters. The number of nitrogens with one attached hydrogen (secondary N) is 1. The van der Waals surface area contributed by atoms with Crippen LogP contribution in [0, 0.1) is 0 Å². The molecule has 17 nitrogen and oxygen atoms in total. The third-order valence-electron chi connectivity index (χ3n) is 6.10. The Morgan fingerprint density at radius 1 is 0.528 bits per heavy atom. The molecular formula is C36H55NO16. The minimum absolute atomic E-state index is 0.000901. The molecule has 0 aliphatic carbocycles. The van der Waals surface area contributed by atoms with Crippen molar-refractivity contribution in [3.05, 3.63) is 48.6 Å². The molecule has 0 aromatic carbocycles. The van der Waals surface area contributed by atoms with E-state index in [0.717, 1.165) is 0 Å². The second kappa shape index (κ2) is 28.9. The van der Waals surface area contributed by atoms with Crippen molar-refractivity contribution in [2.75, 3.05) is 79.2 Å². The maximum atomic E-state index is 12.5. The van der Waals surface area contributed by atoms with Crippen molar-refractivity contribution in [2.24, 2.45) is 0 Å². The van der Waals surface area contributed by atoms with E-state index in [-0.39, 0.29) is 108 Å². The molecule has 53 heavy (non-hydrogen) atoms. The van der Waals surface area contributed by atoms with Crippen molar-refractivity contribution in [1.82, 2.24) is 5.32 Å². The highest BCUT2D eigenvalue weighted by molar-refractivity contribution is 5.88. The van der Waals surface area contributed by atoms with E-state index in [2.05, 4.69) is 31.6 Å². The molecule has 17 heteroatoms. The quantitative estimate of drug-likeness (QED) is 0.0484. The fourth-order valence-electron chi connectivity index (χ4n) is 3.32. The summed E-state index contributed by atoms with van der Waals surface area (Å²) < 4.78 is 53.0. The summed E-state index contributed by atoms with van der Waals surface area (Å²) in [5.41, 5.74) is 0.859. The lowest BCUT2D eigenvalue weighted by Crippen LogP contribution is -2.37. The van der Waals surface area contributed by atoms with E-state index >= 15 is 0 Å². The van der Waals surface area contributed by atoms with Gasteiger partial charge in [-0.15, -0.1) is 0 Å². The normalized spacial score (nSPS) is 12.2. The van der Waals surface area contributed by atoms with Gasteiger partial charge in [-0.3, -0.25) is 4.79 Å². The molecule has 1 amide bonds. The number of amides is 1. The summed E-state index contributed by atoms with van der Waals surface area (Å²) in [7, 11) is 0. The van der Waals surface area contributed by atoms with Crippen LogP contribution in [0.3, 0.4) is 0 Å². The molecule has 0 bridgehead atoms. The summed E-state index contributed by atoms with van der Waals surface area (Å²) >= 11 is 0. The van der Waals surface area contributed by atoms with Crippen molar-refractivity contribution in [1.29, 1.82) is 0 Å². The van der Waals surface area contributed by atoms with Gasteiger partial charge in [-0.05, 0) is 41.0 Å². The van der Waals surface area contributed by atoms with Gasteiger partial charge in [-0.25, -0.2) is 24.0 Å². The number of rotatable bonds is 30. The van der Waals surface area contributed by atoms with Gasteiger partial charge in [0.25, 0.3) is 0 Å². The fraction of sp³-hybridized carbons (Fsp3) is 0.611. The van der Waals surface area contributed by atoms with Gasteiger partial charge in [-0.2, -0.15) is 0 Å². The fourth-order valence-corrected chi connectivity index (χ4v) is 3.32. The van der Waals surface area contributed by atoms with E-state index in [1.165, 1.54) is 27.7 Å². The number of alkyl carbamates (subject to hydrolysis) is 1. The van der Waals surface area contributed by atoms with E-state index < -0.39 is 54.3 Å². The number of esters is 5. The lowest BCUT2D eigenvalue weighted by Gasteiger charge is -2.22. The number of carbonyl (C=O) groups excluding carboxylic acids is 6. The Bertz CT molecular complexity index is 1250. The van der Waals surface area contributed by atoms with Crippen LogP contribution in [-0.2, 0) is 71.3 Å². The maximum absolute atomic E-state index is 12.5. The van der Waals surface area contributed by atoms with Crippen LogP contribution >= 0.6 is 0 Å². The Morgan fingerprint density at radius 2 is 1.00 bits per heavy atom. The van der Waals surface area contributed by atoms with Crippen LogP contribution in [0.4, 0.5) is 4.79 Å². The van der Waals surface area contributed by atoms with Gasteiger partial charge < -0.3 is 52.7 Å². The number of ether oxygens (including phenoxy) is 10. The first-order valence-corrected chi connectivity index (χ1v) is 16.8. The van der Waals surface area contributed by atoms with Crippen LogP contribution in [0.5, 0.6) is 0 Å². The Morgan fingerprint density at radius 3 is 1.51 bits per heavy atom. The van der Waals surface area contributed by atoms with Crippen molar-refractivity contribution < 1.29 is 76.1 Å². The van der Waals surface area contributed by atoms with Crippen LogP contribution in [0.25, 0.3) is 0 Å². The molecule has 0 aromatic rings. The second-order valence-corrected chi connectivity index (χ2v) is 11.7.